The topological polar surface area (TPSA) is 71.1 Å². The number of ether oxygens (including phenoxy) is 2. The monoisotopic (exact) mass is 446 g/mol. The van der Waals surface area contributed by atoms with E-state index in [1.54, 1.807) is 37.4 Å². The van der Waals surface area contributed by atoms with Gasteiger partial charge in [0.1, 0.15) is 17.5 Å². The molecular formula is C24H30O6S. The van der Waals surface area contributed by atoms with Gasteiger partial charge in [-0.2, -0.15) is 0 Å². The van der Waals surface area contributed by atoms with Gasteiger partial charge in [0.2, 0.25) is 0 Å². The van der Waals surface area contributed by atoms with Crippen LogP contribution >= 0.6 is 0 Å². The molecule has 0 aromatic heterocycles. The molecule has 6 nitrogen and oxygen atoms in total. The van der Waals surface area contributed by atoms with Crippen molar-refractivity contribution in [1.29, 1.82) is 0 Å². The van der Waals surface area contributed by atoms with Gasteiger partial charge in [0.05, 0.1) is 30.0 Å². The van der Waals surface area contributed by atoms with Crippen molar-refractivity contribution >= 4 is 9.84 Å². The summed E-state index contributed by atoms with van der Waals surface area (Å²) in [6.07, 6.45) is 2.07. The highest BCUT2D eigenvalue weighted by atomic mass is 32.2. The summed E-state index contributed by atoms with van der Waals surface area (Å²) >= 11 is 0. The van der Waals surface area contributed by atoms with E-state index in [-0.39, 0.29) is 17.8 Å². The van der Waals surface area contributed by atoms with E-state index in [9.17, 15) is 8.42 Å². The van der Waals surface area contributed by atoms with Crippen molar-refractivity contribution in [3.8, 4) is 5.75 Å². The Morgan fingerprint density at radius 3 is 2.45 bits per heavy atom. The number of hydrogen-bond acceptors (Lipinski definition) is 6. The zero-order valence-corrected chi connectivity index (χ0v) is 19.1. The van der Waals surface area contributed by atoms with Gasteiger partial charge in [0.25, 0.3) is 0 Å². The summed E-state index contributed by atoms with van der Waals surface area (Å²) in [7, 11) is -1.84. The lowest BCUT2D eigenvalue weighted by Crippen LogP contribution is -2.59. The summed E-state index contributed by atoms with van der Waals surface area (Å²) in [6, 6.07) is 16.3. The van der Waals surface area contributed by atoms with E-state index in [0.717, 1.165) is 24.2 Å². The highest BCUT2D eigenvalue weighted by Crippen LogP contribution is 2.47. The summed E-state index contributed by atoms with van der Waals surface area (Å²) in [4.78, 5) is 11.9. The molecule has 2 fully saturated rings. The second-order valence-corrected chi connectivity index (χ2v) is 11.0. The fourth-order valence-corrected chi connectivity index (χ4v) is 6.32. The van der Waals surface area contributed by atoms with Gasteiger partial charge in [-0.05, 0) is 68.9 Å². The maximum atomic E-state index is 12.9. The first-order chi connectivity index (χ1) is 14.7. The summed E-state index contributed by atoms with van der Waals surface area (Å²) in [5, 5.41) is 0. The maximum Gasteiger partial charge on any atom is 0.181 e. The Morgan fingerprint density at radius 2 is 1.77 bits per heavy atom. The SMILES string of the molecule is COc1ccc(CO[C@]2(C)CC[C@@H]3C[C@H]2OO[C@]3(C)CS(=O)(=O)c2ccccc2)cc1. The van der Waals surface area contributed by atoms with Gasteiger partial charge in [0.15, 0.2) is 9.84 Å². The maximum absolute atomic E-state index is 12.9. The third-order valence-corrected chi connectivity index (χ3v) is 8.64. The van der Waals surface area contributed by atoms with Crippen molar-refractivity contribution in [2.75, 3.05) is 12.9 Å². The molecule has 2 aromatic rings. The van der Waals surface area contributed by atoms with Crippen molar-refractivity contribution in [2.45, 2.75) is 61.9 Å². The Morgan fingerprint density at radius 1 is 1.06 bits per heavy atom. The second kappa shape index (κ2) is 8.54. The van der Waals surface area contributed by atoms with E-state index >= 15 is 0 Å². The molecule has 0 spiro atoms. The minimum Gasteiger partial charge on any atom is -0.497 e. The molecule has 4 atom stereocenters. The molecule has 2 bridgehead atoms. The number of hydrogen-bond donors (Lipinski definition) is 0. The Balaban J connectivity index is 1.41. The first-order valence-corrected chi connectivity index (χ1v) is 12.3. The molecule has 4 rings (SSSR count). The molecule has 1 heterocycles. The van der Waals surface area contributed by atoms with Crippen LogP contribution in [0.3, 0.4) is 0 Å². The smallest absolute Gasteiger partial charge is 0.181 e. The van der Waals surface area contributed by atoms with E-state index in [4.69, 9.17) is 19.2 Å². The number of fused-ring (bicyclic) bond motifs is 2. The third kappa shape index (κ3) is 4.65. The first kappa shape index (κ1) is 22.3. The van der Waals surface area contributed by atoms with Gasteiger partial charge < -0.3 is 9.47 Å². The Bertz CT molecular complexity index is 990. The minimum absolute atomic E-state index is 0.0856. The van der Waals surface area contributed by atoms with E-state index < -0.39 is 21.0 Å². The minimum atomic E-state index is -3.48. The summed E-state index contributed by atoms with van der Waals surface area (Å²) in [6.45, 7) is 4.35. The predicted octanol–water partition coefficient (Wildman–Crippen LogP) is 4.33. The predicted molar refractivity (Wildman–Crippen MR) is 116 cm³/mol. The van der Waals surface area contributed by atoms with E-state index in [0.29, 0.717) is 17.9 Å². The van der Waals surface area contributed by atoms with Crippen LogP contribution in [0.2, 0.25) is 0 Å². The standard InChI is InChI=1S/C24H30O6S/c1-23(28-16-18-9-11-20(27-3)12-10-18)14-13-19-15-22(23)29-30-24(19,2)17-31(25,26)21-7-5-4-6-8-21/h4-12,19,22H,13-17H2,1-3H3/t19-,22-,23-,24-/m1/s1. The lowest BCUT2D eigenvalue weighted by molar-refractivity contribution is -0.444. The van der Waals surface area contributed by atoms with Crippen LogP contribution in [0.25, 0.3) is 0 Å². The molecule has 1 aliphatic heterocycles. The lowest BCUT2D eigenvalue weighted by atomic mass is 9.71. The molecule has 1 saturated carbocycles. The Labute approximate surface area is 184 Å². The molecule has 0 N–H and O–H groups in total. The fraction of sp³-hybridized carbons (Fsp3) is 0.500. The van der Waals surface area contributed by atoms with Crippen molar-refractivity contribution in [3.63, 3.8) is 0 Å². The quantitative estimate of drug-likeness (QED) is 0.590. The zero-order valence-electron chi connectivity index (χ0n) is 18.2. The molecule has 2 aromatic carbocycles. The van der Waals surface area contributed by atoms with Crippen LogP contribution in [0.1, 0.15) is 38.7 Å². The molecule has 0 amide bonds. The molecule has 1 saturated heterocycles. The van der Waals surface area contributed by atoms with E-state index in [1.807, 2.05) is 38.1 Å². The van der Waals surface area contributed by atoms with Crippen LogP contribution in [0.4, 0.5) is 0 Å². The highest BCUT2D eigenvalue weighted by molar-refractivity contribution is 7.91. The van der Waals surface area contributed by atoms with Crippen LogP contribution in [0.5, 0.6) is 5.75 Å². The molecule has 2 aliphatic rings. The molecule has 31 heavy (non-hydrogen) atoms. The Kier molecular flexibility index (Phi) is 6.14. The number of rotatable bonds is 7. The molecule has 0 unspecified atom stereocenters. The first-order valence-electron chi connectivity index (χ1n) is 10.6. The summed E-state index contributed by atoms with van der Waals surface area (Å²) in [5.74, 6) is 0.789. The Hall–Kier alpha value is -1.93. The molecule has 1 aliphatic carbocycles. The number of sulfone groups is 1. The average Bonchev–Trinajstić information content (AvgIpc) is 2.77. The third-order valence-electron chi connectivity index (χ3n) is 6.69. The molecule has 0 radical (unpaired) electrons. The molecular weight excluding hydrogens is 416 g/mol. The van der Waals surface area contributed by atoms with Crippen molar-refractivity contribution < 1.29 is 27.7 Å². The zero-order chi connectivity index (χ0) is 22.1. The number of methoxy groups -OCH3 is 1. The van der Waals surface area contributed by atoms with E-state index in [2.05, 4.69) is 0 Å². The van der Waals surface area contributed by atoms with E-state index in [1.165, 1.54) is 0 Å². The van der Waals surface area contributed by atoms with Crippen LogP contribution in [0.15, 0.2) is 59.5 Å². The van der Waals surface area contributed by atoms with Gasteiger partial charge in [-0.15, -0.1) is 0 Å². The summed E-state index contributed by atoms with van der Waals surface area (Å²) in [5.41, 5.74) is -0.321. The normalized spacial score (nSPS) is 30.7. The number of benzene rings is 2. The van der Waals surface area contributed by atoms with Gasteiger partial charge >= 0.3 is 0 Å². The lowest BCUT2D eigenvalue weighted by Gasteiger charge is -2.52. The van der Waals surface area contributed by atoms with Crippen molar-refractivity contribution in [2.24, 2.45) is 5.92 Å². The fourth-order valence-electron chi connectivity index (χ4n) is 4.54. The van der Waals surface area contributed by atoms with Crippen molar-refractivity contribution in [3.05, 3.63) is 60.2 Å². The van der Waals surface area contributed by atoms with Gasteiger partial charge in [-0.3, -0.25) is 0 Å². The van der Waals surface area contributed by atoms with Crippen LogP contribution in [-0.2, 0) is 31.0 Å². The largest absolute Gasteiger partial charge is 0.497 e. The van der Waals surface area contributed by atoms with Crippen molar-refractivity contribution in [1.82, 2.24) is 0 Å². The van der Waals surface area contributed by atoms with Crippen LogP contribution < -0.4 is 4.74 Å². The molecule has 7 heteroatoms. The van der Waals surface area contributed by atoms with Crippen LogP contribution in [0, 0.1) is 5.92 Å². The van der Waals surface area contributed by atoms with Gasteiger partial charge in [-0.1, -0.05) is 30.3 Å². The second-order valence-electron chi connectivity index (χ2n) is 8.97. The molecule has 168 valence electrons. The highest BCUT2D eigenvalue weighted by Gasteiger charge is 2.54. The van der Waals surface area contributed by atoms with Gasteiger partial charge in [-0.25, -0.2) is 18.2 Å². The van der Waals surface area contributed by atoms with Crippen LogP contribution in [-0.4, -0.2) is 38.6 Å². The average molecular weight is 447 g/mol. The van der Waals surface area contributed by atoms with Gasteiger partial charge in [0, 0.05) is 0 Å². The summed E-state index contributed by atoms with van der Waals surface area (Å²) < 4.78 is 37.3.